The lowest BCUT2D eigenvalue weighted by atomic mass is 10.2. The summed E-state index contributed by atoms with van der Waals surface area (Å²) in [6, 6.07) is 3.37. The predicted molar refractivity (Wildman–Crippen MR) is 55.2 cm³/mol. The maximum Gasteiger partial charge on any atom is 0.271 e. The fourth-order valence-electron chi connectivity index (χ4n) is 0.914. The first-order valence-corrected chi connectivity index (χ1v) is 4.33. The average Bonchev–Trinajstić information content (AvgIpc) is 2.14. The van der Waals surface area contributed by atoms with E-state index in [0.29, 0.717) is 5.56 Å². The molecule has 1 rings (SSSR count). The van der Waals surface area contributed by atoms with Crippen LogP contribution < -0.4 is 5.43 Å². The van der Waals surface area contributed by atoms with Gasteiger partial charge in [-0.3, -0.25) is 9.78 Å². The third-order valence-corrected chi connectivity index (χ3v) is 1.54. The molecule has 0 saturated carbocycles. The molecule has 0 aliphatic carbocycles. The van der Waals surface area contributed by atoms with E-state index < -0.39 is 0 Å². The van der Waals surface area contributed by atoms with Crippen molar-refractivity contribution < 1.29 is 4.79 Å². The van der Waals surface area contributed by atoms with Crippen LogP contribution in [0.3, 0.4) is 0 Å². The summed E-state index contributed by atoms with van der Waals surface area (Å²) in [6.45, 7) is 5.47. The number of aryl methyl sites for hydroxylation is 1. The second-order valence-electron chi connectivity index (χ2n) is 3.19. The van der Waals surface area contributed by atoms with E-state index in [-0.39, 0.29) is 5.91 Å². The summed E-state index contributed by atoms with van der Waals surface area (Å²) in [5.41, 5.74) is 4.64. The monoisotopic (exact) mass is 191 g/mol. The van der Waals surface area contributed by atoms with Crippen LogP contribution in [0, 0.1) is 6.92 Å². The van der Waals surface area contributed by atoms with Crippen LogP contribution in [0.4, 0.5) is 0 Å². The van der Waals surface area contributed by atoms with Crippen molar-refractivity contribution in [3.05, 3.63) is 29.6 Å². The van der Waals surface area contributed by atoms with Gasteiger partial charge in [0.05, 0.1) is 0 Å². The minimum atomic E-state index is -0.211. The highest BCUT2D eigenvalue weighted by Crippen LogP contribution is 2.00. The predicted octanol–water partition coefficient (Wildman–Crippen LogP) is 1.52. The lowest BCUT2D eigenvalue weighted by Crippen LogP contribution is -2.18. The van der Waals surface area contributed by atoms with E-state index in [9.17, 15) is 4.79 Å². The SMILES string of the molecule is CC(C)=NNC(=O)c1ccnc(C)c1. The second-order valence-corrected chi connectivity index (χ2v) is 3.19. The Hall–Kier alpha value is -1.71. The number of carbonyl (C=O) groups is 1. The number of rotatable bonds is 2. The highest BCUT2D eigenvalue weighted by Gasteiger charge is 2.03. The molecule has 0 aliphatic heterocycles. The zero-order chi connectivity index (χ0) is 10.6. The molecule has 0 aliphatic rings. The molecule has 0 radical (unpaired) electrons. The van der Waals surface area contributed by atoms with E-state index in [2.05, 4.69) is 15.5 Å². The van der Waals surface area contributed by atoms with Crippen molar-refractivity contribution in [1.82, 2.24) is 10.4 Å². The molecule has 0 fully saturated rings. The van der Waals surface area contributed by atoms with Crippen LogP contribution in [0.15, 0.2) is 23.4 Å². The van der Waals surface area contributed by atoms with E-state index in [1.165, 1.54) is 0 Å². The van der Waals surface area contributed by atoms with Crippen molar-refractivity contribution in [2.75, 3.05) is 0 Å². The molecule has 0 saturated heterocycles. The number of hydrogen-bond donors (Lipinski definition) is 1. The summed E-state index contributed by atoms with van der Waals surface area (Å²) in [7, 11) is 0. The summed E-state index contributed by atoms with van der Waals surface area (Å²) in [5.74, 6) is -0.211. The van der Waals surface area contributed by atoms with Crippen molar-refractivity contribution in [2.45, 2.75) is 20.8 Å². The Morgan fingerprint density at radius 3 is 2.79 bits per heavy atom. The lowest BCUT2D eigenvalue weighted by Gasteiger charge is -2.00. The van der Waals surface area contributed by atoms with Crippen LogP contribution >= 0.6 is 0 Å². The summed E-state index contributed by atoms with van der Waals surface area (Å²) in [5, 5.41) is 3.83. The summed E-state index contributed by atoms with van der Waals surface area (Å²) >= 11 is 0. The Balaban J connectivity index is 2.75. The molecule has 1 aromatic heterocycles. The van der Waals surface area contributed by atoms with Gasteiger partial charge in [-0.25, -0.2) is 5.43 Å². The number of amides is 1. The van der Waals surface area contributed by atoms with Gasteiger partial charge < -0.3 is 0 Å². The molecule has 0 atom stereocenters. The van der Waals surface area contributed by atoms with Gasteiger partial charge in [-0.2, -0.15) is 5.10 Å². The van der Waals surface area contributed by atoms with Crippen molar-refractivity contribution in [1.29, 1.82) is 0 Å². The van der Waals surface area contributed by atoms with Crippen LogP contribution in [0.5, 0.6) is 0 Å². The summed E-state index contributed by atoms with van der Waals surface area (Å²) in [4.78, 5) is 15.5. The molecule has 0 bridgehead atoms. The lowest BCUT2D eigenvalue weighted by molar-refractivity contribution is 0.0954. The van der Waals surface area contributed by atoms with E-state index in [4.69, 9.17) is 0 Å². The summed E-state index contributed by atoms with van der Waals surface area (Å²) in [6.07, 6.45) is 1.60. The Bertz CT molecular complexity index is 367. The molecule has 1 N–H and O–H groups in total. The van der Waals surface area contributed by atoms with Gasteiger partial charge in [0.25, 0.3) is 5.91 Å². The molecule has 1 heterocycles. The second kappa shape index (κ2) is 4.50. The normalized spacial score (nSPS) is 9.36. The number of hydrogen-bond acceptors (Lipinski definition) is 3. The molecular formula is C10H13N3O. The molecule has 4 heteroatoms. The van der Waals surface area contributed by atoms with Gasteiger partial charge in [0.1, 0.15) is 0 Å². The smallest absolute Gasteiger partial charge is 0.267 e. The molecule has 14 heavy (non-hydrogen) atoms. The van der Waals surface area contributed by atoms with Crippen LogP contribution in [-0.2, 0) is 0 Å². The molecule has 1 aromatic rings. The zero-order valence-electron chi connectivity index (χ0n) is 8.53. The van der Waals surface area contributed by atoms with Gasteiger partial charge in [-0.15, -0.1) is 0 Å². The first-order valence-electron chi connectivity index (χ1n) is 4.33. The van der Waals surface area contributed by atoms with E-state index >= 15 is 0 Å². The number of hydrazone groups is 1. The maximum absolute atomic E-state index is 11.5. The third-order valence-electron chi connectivity index (χ3n) is 1.54. The molecule has 0 aromatic carbocycles. The fourth-order valence-corrected chi connectivity index (χ4v) is 0.914. The van der Waals surface area contributed by atoms with E-state index in [1.54, 1.807) is 18.3 Å². The number of aromatic nitrogens is 1. The van der Waals surface area contributed by atoms with Crippen molar-refractivity contribution in [3.8, 4) is 0 Å². The van der Waals surface area contributed by atoms with E-state index in [0.717, 1.165) is 11.4 Å². The van der Waals surface area contributed by atoms with Crippen LogP contribution in [0.25, 0.3) is 0 Å². The van der Waals surface area contributed by atoms with Crippen molar-refractivity contribution in [3.63, 3.8) is 0 Å². The Labute approximate surface area is 83.1 Å². The van der Waals surface area contributed by atoms with Gasteiger partial charge in [0.2, 0.25) is 0 Å². The number of carbonyl (C=O) groups excluding carboxylic acids is 1. The first-order chi connectivity index (χ1) is 6.59. The van der Waals surface area contributed by atoms with Gasteiger partial charge in [0, 0.05) is 23.2 Å². The highest BCUT2D eigenvalue weighted by atomic mass is 16.2. The molecule has 74 valence electrons. The van der Waals surface area contributed by atoms with E-state index in [1.807, 2.05) is 20.8 Å². The molecule has 4 nitrogen and oxygen atoms in total. The Morgan fingerprint density at radius 2 is 2.21 bits per heavy atom. The minimum absolute atomic E-state index is 0.211. The summed E-state index contributed by atoms with van der Waals surface area (Å²) < 4.78 is 0. The minimum Gasteiger partial charge on any atom is -0.267 e. The molecular weight excluding hydrogens is 178 g/mol. The quantitative estimate of drug-likeness (QED) is 0.569. The maximum atomic E-state index is 11.5. The molecule has 0 spiro atoms. The van der Waals surface area contributed by atoms with Gasteiger partial charge in [0.15, 0.2) is 0 Å². The third kappa shape index (κ3) is 2.97. The van der Waals surface area contributed by atoms with Crippen molar-refractivity contribution >= 4 is 11.6 Å². The number of nitrogens with zero attached hydrogens (tertiary/aromatic N) is 2. The molecule has 0 unspecified atom stereocenters. The van der Waals surface area contributed by atoms with Crippen molar-refractivity contribution in [2.24, 2.45) is 5.10 Å². The van der Waals surface area contributed by atoms with Gasteiger partial charge in [-0.1, -0.05) is 0 Å². The zero-order valence-corrected chi connectivity index (χ0v) is 8.53. The van der Waals surface area contributed by atoms with Crippen LogP contribution in [0.2, 0.25) is 0 Å². The fraction of sp³-hybridized carbons (Fsp3) is 0.300. The Kier molecular flexibility index (Phi) is 3.34. The van der Waals surface area contributed by atoms with Crippen LogP contribution in [0.1, 0.15) is 29.9 Å². The number of pyridine rings is 1. The van der Waals surface area contributed by atoms with Gasteiger partial charge >= 0.3 is 0 Å². The largest absolute Gasteiger partial charge is 0.271 e. The van der Waals surface area contributed by atoms with Crippen LogP contribution in [-0.4, -0.2) is 16.6 Å². The van der Waals surface area contributed by atoms with Gasteiger partial charge in [-0.05, 0) is 32.9 Å². The highest BCUT2D eigenvalue weighted by molar-refractivity contribution is 5.95. The average molecular weight is 191 g/mol. The first kappa shape index (κ1) is 10.4. The number of nitrogens with one attached hydrogen (secondary N) is 1. The molecule has 1 amide bonds. The Morgan fingerprint density at radius 1 is 1.50 bits per heavy atom. The standard InChI is InChI=1S/C10H13N3O/c1-7(2)12-13-10(14)9-4-5-11-8(3)6-9/h4-6H,1-3H3,(H,13,14). The topological polar surface area (TPSA) is 54.4 Å².